The molecule has 0 heterocycles. The van der Waals surface area contributed by atoms with Crippen molar-refractivity contribution in [2.45, 2.75) is 31.4 Å². The lowest BCUT2D eigenvalue weighted by Gasteiger charge is -2.33. The third kappa shape index (κ3) is 1.71. The number of halogens is 2. The van der Waals surface area contributed by atoms with Gasteiger partial charge in [-0.2, -0.15) is 0 Å². The zero-order valence-electron chi connectivity index (χ0n) is 7.39. The van der Waals surface area contributed by atoms with Gasteiger partial charge in [0.25, 0.3) is 0 Å². The SMILES string of the molecule is Fc1ccccc1CC1(F)CCC1. The van der Waals surface area contributed by atoms with Crippen LogP contribution in [0.5, 0.6) is 0 Å². The Morgan fingerprint density at radius 3 is 2.46 bits per heavy atom. The first-order chi connectivity index (χ1) is 6.20. The highest BCUT2D eigenvalue weighted by Crippen LogP contribution is 2.38. The smallest absolute Gasteiger partial charge is 0.126 e. The summed E-state index contributed by atoms with van der Waals surface area (Å²) in [6, 6.07) is 6.43. The van der Waals surface area contributed by atoms with Crippen molar-refractivity contribution in [3.05, 3.63) is 35.6 Å². The maximum absolute atomic E-state index is 13.6. The average Bonchev–Trinajstić information content (AvgIpc) is 2.06. The first-order valence-electron chi connectivity index (χ1n) is 4.62. The van der Waals surface area contributed by atoms with Gasteiger partial charge in [-0.25, -0.2) is 8.78 Å². The van der Waals surface area contributed by atoms with E-state index < -0.39 is 5.67 Å². The minimum absolute atomic E-state index is 0.236. The third-order valence-electron chi connectivity index (χ3n) is 2.71. The van der Waals surface area contributed by atoms with E-state index in [2.05, 4.69) is 0 Å². The van der Waals surface area contributed by atoms with E-state index in [0.29, 0.717) is 18.4 Å². The average molecular weight is 182 g/mol. The van der Waals surface area contributed by atoms with Crippen molar-refractivity contribution >= 4 is 0 Å². The second kappa shape index (κ2) is 3.09. The molecule has 0 unspecified atom stereocenters. The summed E-state index contributed by atoms with van der Waals surface area (Å²) < 4.78 is 26.7. The van der Waals surface area contributed by atoms with Crippen LogP contribution in [0.2, 0.25) is 0 Å². The molecule has 0 saturated heterocycles. The molecule has 1 aromatic carbocycles. The van der Waals surface area contributed by atoms with Gasteiger partial charge in [0, 0.05) is 6.42 Å². The van der Waals surface area contributed by atoms with E-state index in [9.17, 15) is 8.78 Å². The van der Waals surface area contributed by atoms with Crippen LogP contribution in [0.3, 0.4) is 0 Å². The fourth-order valence-corrected chi connectivity index (χ4v) is 1.72. The van der Waals surface area contributed by atoms with Crippen LogP contribution in [-0.4, -0.2) is 5.67 Å². The predicted octanol–water partition coefficient (Wildman–Crippen LogP) is 3.26. The highest BCUT2D eigenvalue weighted by atomic mass is 19.1. The summed E-state index contributed by atoms with van der Waals surface area (Å²) in [4.78, 5) is 0. The van der Waals surface area contributed by atoms with Gasteiger partial charge in [-0.05, 0) is 30.9 Å². The van der Waals surface area contributed by atoms with Gasteiger partial charge in [-0.1, -0.05) is 18.2 Å². The highest BCUT2D eigenvalue weighted by Gasteiger charge is 2.37. The molecule has 70 valence electrons. The van der Waals surface area contributed by atoms with E-state index in [1.807, 2.05) is 0 Å². The van der Waals surface area contributed by atoms with Crippen LogP contribution in [0.4, 0.5) is 8.78 Å². The van der Waals surface area contributed by atoms with Crippen molar-refractivity contribution in [2.75, 3.05) is 0 Å². The number of hydrogen-bond acceptors (Lipinski definition) is 0. The second-order valence-electron chi connectivity index (χ2n) is 3.77. The van der Waals surface area contributed by atoms with Gasteiger partial charge in [0.15, 0.2) is 0 Å². The zero-order valence-corrected chi connectivity index (χ0v) is 7.39. The van der Waals surface area contributed by atoms with Crippen LogP contribution in [0, 0.1) is 5.82 Å². The summed E-state index contributed by atoms with van der Waals surface area (Å²) in [7, 11) is 0. The normalized spacial score (nSPS) is 19.5. The van der Waals surface area contributed by atoms with E-state index in [0.717, 1.165) is 6.42 Å². The Hall–Kier alpha value is -0.920. The van der Waals surface area contributed by atoms with Crippen molar-refractivity contribution in [3.8, 4) is 0 Å². The van der Waals surface area contributed by atoms with Crippen LogP contribution >= 0.6 is 0 Å². The molecule has 1 aliphatic carbocycles. The quantitative estimate of drug-likeness (QED) is 0.658. The highest BCUT2D eigenvalue weighted by molar-refractivity contribution is 5.20. The Labute approximate surface area is 76.6 Å². The van der Waals surface area contributed by atoms with Gasteiger partial charge >= 0.3 is 0 Å². The van der Waals surface area contributed by atoms with E-state index in [1.165, 1.54) is 6.07 Å². The second-order valence-corrected chi connectivity index (χ2v) is 3.77. The Morgan fingerprint density at radius 1 is 1.23 bits per heavy atom. The van der Waals surface area contributed by atoms with Crippen molar-refractivity contribution in [3.63, 3.8) is 0 Å². The molecule has 0 spiro atoms. The molecule has 2 rings (SSSR count). The predicted molar refractivity (Wildman–Crippen MR) is 47.8 cm³/mol. The van der Waals surface area contributed by atoms with Gasteiger partial charge in [0.1, 0.15) is 11.5 Å². The zero-order chi connectivity index (χ0) is 9.31. The van der Waals surface area contributed by atoms with Crippen molar-refractivity contribution in [1.29, 1.82) is 0 Å². The standard InChI is InChI=1S/C11H12F2/c12-10-5-2-1-4-9(10)8-11(13)6-3-7-11/h1-2,4-5H,3,6-8H2. The Kier molecular flexibility index (Phi) is 2.06. The van der Waals surface area contributed by atoms with Crippen molar-refractivity contribution < 1.29 is 8.78 Å². The summed E-state index contributed by atoms with van der Waals surface area (Å²) in [5.41, 5.74) is -0.618. The van der Waals surface area contributed by atoms with Crippen LogP contribution in [-0.2, 0) is 6.42 Å². The monoisotopic (exact) mass is 182 g/mol. The van der Waals surface area contributed by atoms with Crippen molar-refractivity contribution in [2.24, 2.45) is 0 Å². The number of hydrogen-bond donors (Lipinski definition) is 0. The molecular formula is C11H12F2. The Bertz CT molecular complexity index is 303. The maximum atomic E-state index is 13.6. The van der Waals surface area contributed by atoms with E-state index in [1.54, 1.807) is 18.2 Å². The molecule has 1 fully saturated rings. The lowest BCUT2D eigenvalue weighted by molar-refractivity contribution is 0.0632. The molecule has 0 atom stereocenters. The number of benzene rings is 1. The van der Waals surface area contributed by atoms with Crippen LogP contribution in [0.25, 0.3) is 0 Å². The Morgan fingerprint density at radius 2 is 1.92 bits per heavy atom. The van der Waals surface area contributed by atoms with Crippen LogP contribution in [0.1, 0.15) is 24.8 Å². The third-order valence-corrected chi connectivity index (χ3v) is 2.71. The van der Waals surface area contributed by atoms with E-state index in [4.69, 9.17) is 0 Å². The van der Waals surface area contributed by atoms with Gasteiger partial charge < -0.3 is 0 Å². The first kappa shape index (κ1) is 8.67. The summed E-state index contributed by atoms with van der Waals surface area (Å²) >= 11 is 0. The molecule has 0 nitrogen and oxygen atoms in total. The maximum Gasteiger partial charge on any atom is 0.126 e. The van der Waals surface area contributed by atoms with E-state index >= 15 is 0 Å². The lowest BCUT2D eigenvalue weighted by atomic mass is 9.78. The molecule has 0 bridgehead atoms. The van der Waals surface area contributed by atoms with Gasteiger partial charge in [-0.15, -0.1) is 0 Å². The molecule has 2 heteroatoms. The van der Waals surface area contributed by atoms with Gasteiger partial charge in [0.2, 0.25) is 0 Å². The van der Waals surface area contributed by atoms with Gasteiger partial charge in [0.05, 0.1) is 0 Å². The molecular weight excluding hydrogens is 170 g/mol. The molecule has 1 aliphatic rings. The Balaban J connectivity index is 2.13. The largest absolute Gasteiger partial charge is 0.244 e. The van der Waals surface area contributed by atoms with Crippen LogP contribution < -0.4 is 0 Å². The fourth-order valence-electron chi connectivity index (χ4n) is 1.72. The molecule has 0 aromatic heterocycles. The summed E-state index contributed by atoms with van der Waals surface area (Å²) in [6.45, 7) is 0. The molecule has 0 amide bonds. The fraction of sp³-hybridized carbons (Fsp3) is 0.455. The molecule has 1 aromatic rings. The molecule has 13 heavy (non-hydrogen) atoms. The van der Waals surface area contributed by atoms with E-state index in [-0.39, 0.29) is 12.2 Å². The summed E-state index contributed by atoms with van der Waals surface area (Å²) in [5, 5.41) is 0. The molecule has 1 saturated carbocycles. The van der Waals surface area contributed by atoms with Gasteiger partial charge in [-0.3, -0.25) is 0 Å². The number of alkyl halides is 1. The summed E-state index contributed by atoms with van der Waals surface area (Å²) in [5.74, 6) is -0.286. The van der Waals surface area contributed by atoms with Crippen LogP contribution in [0.15, 0.2) is 24.3 Å². The first-order valence-corrected chi connectivity index (χ1v) is 4.62. The molecule has 0 aliphatic heterocycles. The minimum Gasteiger partial charge on any atom is -0.244 e. The molecule has 0 radical (unpaired) electrons. The molecule has 0 N–H and O–H groups in total. The topological polar surface area (TPSA) is 0 Å². The van der Waals surface area contributed by atoms with Crippen molar-refractivity contribution in [1.82, 2.24) is 0 Å². The minimum atomic E-state index is -1.12. The number of rotatable bonds is 2. The summed E-state index contributed by atoms with van der Waals surface area (Å²) in [6.07, 6.45) is 2.34. The lowest BCUT2D eigenvalue weighted by Crippen LogP contribution is -2.34.